The summed E-state index contributed by atoms with van der Waals surface area (Å²) in [6.07, 6.45) is 0.986. The summed E-state index contributed by atoms with van der Waals surface area (Å²) in [6.45, 7) is 1.78. The molecule has 3 aromatic rings. The molecule has 6 heteroatoms. The minimum Gasteiger partial charge on any atom is -0.384 e. The number of nitro groups is 1. The predicted octanol–water partition coefficient (Wildman–Crippen LogP) is 3.66. The second kappa shape index (κ2) is 6.80. The molecule has 0 amide bonds. The van der Waals surface area contributed by atoms with E-state index in [0.717, 1.165) is 47.0 Å². The molecule has 1 aromatic heterocycles. The molecular formula is C18H20N4O2. The van der Waals surface area contributed by atoms with Gasteiger partial charge >= 0.3 is 0 Å². The first-order valence-corrected chi connectivity index (χ1v) is 7.92. The Kier molecular flexibility index (Phi) is 4.57. The van der Waals surface area contributed by atoms with Crippen LogP contribution in [0.3, 0.4) is 0 Å². The number of rotatable bonds is 6. The quantitative estimate of drug-likeness (QED) is 0.324. The van der Waals surface area contributed by atoms with Crippen LogP contribution in [-0.2, 0) is 0 Å². The third-order valence-electron chi connectivity index (χ3n) is 3.96. The number of hydrogen-bond acceptors (Lipinski definition) is 5. The molecule has 0 aliphatic carbocycles. The van der Waals surface area contributed by atoms with Crippen LogP contribution in [-0.4, -0.2) is 42.0 Å². The van der Waals surface area contributed by atoms with Gasteiger partial charge in [-0.25, -0.2) is 4.98 Å². The van der Waals surface area contributed by atoms with Crippen molar-refractivity contribution in [3.05, 3.63) is 52.6 Å². The van der Waals surface area contributed by atoms with Crippen molar-refractivity contribution in [1.29, 1.82) is 0 Å². The molecular weight excluding hydrogens is 304 g/mol. The highest BCUT2D eigenvalue weighted by atomic mass is 16.6. The van der Waals surface area contributed by atoms with Crippen LogP contribution in [0.15, 0.2) is 42.5 Å². The summed E-state index contributed by atoms with van der Waals surface area (Å²) in [5.74, 6) is 0. The topological polar surface area (TPSA) is 71.3 Å². The first kappa shape index (κ1) is 16.1. The molecule has 24 heavy (non-hydrogen) atoms. The number of nitrogens with one attached hydrogen (secondary N) is 1. The van der Waals surface area contributed by atoms with E-state index in [0.29, 0.717) is 0 Å². The van der Waals surface area contributed by atoms with Crippen molar-refractivity contribution < 1.29 is 4.92 Å². The maximum atomic E-state index is 11.1. The van der Waals surface area contributed by atoms with Crippen LogP contribution < -0.4 is 5.32 Å². The van der Waals surface area contributed by atoms with Crippen molar-refractivity contribution >= 4 is 33.2 Å². The number of aromatic nitrogens is 1. The second-order valence-corrected chi connectivity index (χ2v) is 6.05. The first-order valence-electron chi connectivity index (χ1n) is 7.92. The fourth-order valence-corrected chi connectivity index (χ4v) is 2.79. The Bertz CT molecular complexity index is 893. The third kappa shape index (κ3) is 3.28. The van der Waals surface area contributed by atoms with Crippen LogP contribution in [0.2, 0.25) is 0 Å². The summed E-state index contributed by atoms with van der Waals surface area (Å²) in [5.41, 5.74) is 2.64. The zero-order chi connectivity index (χ0) is 17.1. The number of nitro benzene ring substituents is 1. The van der Waals surface area contributed by atoms with Crippen LogP contribution in [0.1, 0.15) is 6.42 Å². The lowest BCUT2D eigenvalue weighted by Crippen LogP contribution is -2.16. The molecule has 1 N–H and O–H groups in total. The summed E-state index contributed by atoms with van der Waals surface area (Å²) in [5, 5.41) is 16.3. The van der Waals surface area contributed by atoms with Gasteiger partial charge in [-0.3, -0.25) is 10.1 Å². The molecule has 0 saturated carbocycles. The molecule has 1 heterocycles. The molecule has 124 valence electrons. The van der Waals surface area contributed by atoms with E-state index in [1.54, 1.807) is 12.1 Å². The summed E-state index contributed by atoms with van der Waals surface area (Å²) in [4.78, 5) is 17.5. The number of benzene rings is 2. The average molecular weight is 324 g/mol. The normalized spacial score (nSPS) is 11.3. The Balaban J connectivity index is 2.08. The molecule has 0 atom stereocenters. The van der Waals surface area contributed by atoms with Crippen LogP contribution in [0.4, 0.5) is 11.4 Å². The molecule has 0 bridgehead atoms. The van der Waals surface area contributed by atoms with Gasteiger partial charge in [-0.2, -0.15) is 0 Å². The highest BCUT2D eigenvalue weighted by Gasteiger charge is 2.13. The largest absolute Gasteiger partial charge is 0.384 e. The van der Waals surface area contributed by atoms with Gasteiger partial charge in [-0.1, -0.05) is 18.2 Å². The molecule has 0 radical (unpaired) electrons. The van der Waals surface area contributed by atoms with Gasteiger partial charge in [0.05, 0.1) is 21.6 Å². The molecule has 0 saturated heterocycles. The Labute approximate surface area is 140 Å². The molecule has 0 aliphatic heterocycles. The number of para-hydroxylation sites is 1. The summed E-state index contributed by atoms with van der Waals surface area (Å²) < 4.78 is 0. The van der Waals surface area contributed by atoms with Gasteiger partial charge in [0, 0.05) is 29.4 Å². The summed E-state index contributed by atoms with van der Waals surface area (Å²) in [6, 6.07) is 12.7. The van der Waals surface area contributed by atoms with Crippen LogP contribution in [0.25, 0.3) is 21.8 Å². The van der Waals surface area contributed by atoms with Gasteiger partial charge in [-0.15, -0.1) is 0 Å². The van der Waals surface area contributed by atoms with Gasteiger partial charge in [0.1, 0.15) is 0 Å². The number of non-ortho nitro benzene ring substituents is 1. The molecule has 0 fully saturated rings. The smallest absolute Gasteiger partial charge is 0.270 e. The number of pyridine rings is 1. The lowest BCUT2D eigenvalue weighted by molar-refractivity contribution is -0.384. The zero-order valence-electron chi connectivity index (χ0n) is 13.8. The van der Waals surface area contributed by atoms with Crippen molar-refractivity contribution in [2.75, 3.05) is 32.5 Å². The zero-order valence-corrected chi connectivity index (χ0v) is 13.8. The van der Waals surface area contributed by atoms with Gasteiger partial charge < -0.3 is 10.2 Å². The van der Waals surface area contributed by atoms with Gasteiger partial charge in [0.15, 0.2) is 0 Å². The van der Waals surface area contributed by atoms with Crippen molar-refractivity contribution in [2.45, 2.75) is 6.42 Å². The van der Waals surface area contributed by atoms with Crippen LogP contribution in [0.5, 0.6) is 0 Å². The number of hydrogen-bond donors (Lipinski definition) is 1. The first-order chi connectivity index (χ1) is 11.6. The van der Waals surface area contributed by atoms with Gasteiger partial charge in [0.25, 0.3) is 5.69 Å². The van der Waals surface area contributed by atoms with E-state index in [-0.39, 0.29) is 10.6 Å². The molecule has 6 nitrogen and oxygen atoms in total. The highest BCUT2D eigenvalue weighted by molar-refractivity contribution is 6.07. The standard InChI is InChI=1S/C18H20N4O2/c1-21(2)11-5-10-19-18-14-6-3-4-7-16(14)20-17-9-8-13(22(23)24)12-15(17)18/h3-4,6-9,12H,5,10-11H2,1-2H3,(H,19,20). The molecule has 0 aliphatic rings. The minimum atomic E-state index is -0.371. The fraction of sp³-hybridized carbons (Fsp3) is 0.278. The Morgan fingerprint density at radius 1 is 1.12 bits per heavy atom. The lowest BCUT2D eigenvalue weighted by atomic mass is 10.1. The van der Waals surface area contributed by atoms with E-state index in [2.05, 4.69) is 15.2 Å². The summed E-state index contributed by atoms with van der Waals surface area (Å²) >= 11 is 0. The van der Waals surface area contributed by atoms with Crippen molar-refractivity contribution in [1.82, 2.24) is 9.88 Å². The minimum absolute atomic E-state index is 0.0796. The van der Waals surface area contributed by atoms with Crippen molar-refractivity contribution in [3.8, 4) is 0 Å². The molecule has 3 rings (SSSR count). The summed E-state index contributed by atoms with van der Waals surface area (Å²) in [7, 11) is 4.08. The molecule has 2 aromatic carbocycles. The third-order valence-corrected chi connectivity index (χ3v) is 3.96. The Hall–Kier alpha value is -2.73. The van der Waals surface area contributed by atoms with E-state index < -0.39 is 0 Å². The fourth-order valence-electron chi connectivity index (χ4n) is 2.79. The van der Waals surface area contributed by atoms with E-state index in [4.69, 9.17) is 0 Å². The Morgan fingerprint density at radius 2 is 1.88 bits per heavy atom. The number of anilines is 1. The molecule has 0 unspecified atom stereocenters. The lowest BCUT2D eigenvalue weighted by Gasteiger charge is -2.14. The van der Waals surface area contributed by atoms with Crippen molar-refractivity contribution in [2.24, 2.45) is 0 Å². The Morgan fingerprint density at radius 3 is 2.62 bits per heavy atom. The van der Waals surface area contributed by atoms with Gasteiger partial charge in [0.2, 0.25) is 0 Å². The number of nitrogens with zero attached hydrogens (tertiary/aromatic N) is 3. The number of fused-ring (bicyclic) bond motifs is 2. The van der Waals surface area contributed by atoms with Gasteiger partial charge in [-0.05, 0) is 39.2 Å². The predicted molar refractivity (Wildman–Crippen MR) is 97.6 cm³/mol. The molecule has 0 spiro atoms. The van der Waals surface area contributed by atoms with Crippen molar-refractivity contribution in [3.63, 3.8) is 0 Å². The van der Waals surface area contributed by atoms with E-state index >= 15 is 0 Å². The van der Waals surface area contributed by atoms with E-state index in [1.165, 1.54) is 6.07 Å². The van der Waals surface area contributed by atoms with Crippen LogP contribution >= 0.6 is 0 Å². The van der Waals surface area contributed by atoms with Crippen LogP contribution in [0, 0.1) is 10.1 Å². The monoisotopic (exact) mass is 324 g/mol. The maximum Gasteiger partial charge on any atom is 0.270 e. The second-order valence-electron chi connectivity index (χ2n) is 6.05. The van der Waals surface area contributed by atoms with E-state index in [9.17, 15) is 10.1 Å². The van der Waals surface area contributed by atoms with E-state index in [1.807, 2.05) is 38.4 Å². The SMILES string of the molecule is CN(C)CCCNc1c2ccccc2nc2ccc([N+](=O)[O-])cc12. The average Bonchev–Trinajstić information content (AvgIpc) is 2.57. The highest BCUT2D eigenvalue weighted by Crippen LogP contribution is 2.32. The maximum absolute atomic E-state index is 11.1.